The van der Waals surface area contributed by atoms with Crippen molar-refractivity contribution in [2.45, 2.75) is 26.9 Å². The second kappa shape index (κ2) is 6.76. The van der Waals surface area contributed by atoms with E-state index in [9.17, 15) is 4.79 Å². The molecule has 0 spiro atoms. The SMILES string of the molecule is Cc1cc(C)cc(O[C@@H](C)C(=O)Nc2ccc(Br)cc2)c1. The van der Waals surface area contributed by atoms with Gasteiger partial charge in [-0.2, -0.15) is 0 Å². The average molecular weight is 348 g/mol. The van der Waals surface area contributed by atoms with E-state index in [2.05, 4.69) is 27.3 Å². The fourth-order valence-electron chi connectivity index (χ4n) is 2.04. The molecule has 0 fully saturated rings. The van der Waals surface area contributed by atoms with Crippen LogP contribution in [0.3, 0.4) is 0 Å². The van der Waals surface area contributed by atoms with Gasteiger partial charge < -0.3 is 10.1 Å². The van der Waals surface area contributed by atoms with E-state index in [4.69, 9.17) is 4.74 Å². The van der Waals surface area contributed by atoms with Crippen molar-refractivity contribution in [1.82, 2.24) is 0 Å². The minimum absolute atomic E-state index is 0.170. The molecule has 0 saturated carbocycles. The molecule has 4 heteroatoms. The summed E-state index contributed by atoms with van der Waals surface area (Å²) in [6.45, 7) is 5.75. The maximum absolute atomic E-state index is 12.1. The first-order valence-corrected chi connectivity index (χ1v) is 7.55. The number of aryl methyl sites for hydroxylation is 2. The summed E-state index contributed by atoms with van der Waals surface area (Å²) in [7, 11) is 0. The van der Waals surface area contributed by atoms with E-state index in [1.165, 1.54) is 0 Å². The lowest BCUT2D eigenvalue weighted by Crippen LogP contribution is -2.30. The van der Waals surface area contributed by atoms with Crippen molar-refractivity contribution in [3.63, 3.8) is 0 Å². The minimum atomic E-state index is -0.560. The molecule has 2 rings (SSSR count). The molecule has 0 unspecified atom stereocenters. The summed E-state index contributed by atoms with van der Waals surface area (Å²) >= 11 is 3.36. The predicted molar refractivity (Wildman–Crippen MR) is 88.8 cm³/mol. The number of hydrogen-bond acceptors (Lipinski definition) is 2. The zero-order valence-electron chi connectivity index (χ0n) is 12.3. The third-order valence-electron chi connectivity index (χ3n) is 2.99. The normalized spacial score (nSPS) is 11.8. The number of amides is 1. The van der Waals surface area contributed by atoms with Crippen molar-refractivity contribution in [2.75, 3.05) is 5.32 Å². The van der Waals surface area contributed by atoms with Crippen molar-refractivity contribution < 1.29 is 9.53 Å². The molecule has 2 aromatic carbocycles. The van der Waals surface area contributed by atoms with Gasteiger partial charge in [-0.25, -0.2) is 0 Å². The summed E-state index contributed by atoms with van der Waals surface area (Å²) in [5, 5.41) is 2.83. The van der Waals surface area contributed by atoms with Gasteiger partial charge in [0, 0.05) is 10.2 Å². The van der Waals surface area contributed by atoms with Crippen LogP contribution >= 0.6 is 15.9 Å². The maximum Gasteiger partial charge on any atom is 0.265 e. The first kappa shape index (κ1) is 15.6. The van der Waals surface area contributed by atoms with E-state index in [0.29, 0.717) is 5.75 Å². The van der Waals surface area contributed by atoms with E-state index in [1.807, 2.05) is 50.2 Å². The quantitative estimate of drug-likeness (QED) is 0.885. The standard InChI is InChI=1S/C17H18BrNO2/c1-11-8-12(2)10-16(9-11)21-13(3)17(20)19-15-6-4-14(18)5-7-15/h4-10,13H,1-3H3,(H,19,20)/t13-/m0/s1. The highest BCUT2D eigenvalue weighted by atomic mass is 79.9. The lowest BCUT2D eigenvalue weighted by atomic mass is 10.1. The summed E-state index contributed by atoms with van der Waals surface area (Å²) in [5.74, 6) is 0.544. The highest BCUT2D eigenvalue weighted by molar-refractivity contribution is 9.10. The fourth-order valence-corrected chi connectivity index (χ4v) is 2.30. The molecule has 0 aliphatic heterocycles. The minimum Gasteiger partial charge on any atom is -0.481 e. The van der Waals surface area contributed by atoms with Crippen molar-refractivity contribution in [3.8, 4) is 5.75 Å². The van der Waals surface area contributed by atoms with E-state index in [1.54, 1.807) is 6.92 Å². The van der Waals surface area contributed by atoms with Crippen molar-refractivity contribution in [2.24, 2.45) is 0 Å². The first-order valence-electron chi connectivity index (χ1n) is 6.75. The number of nitrogens with one attached hydrogen (secondary N) is 1. The molecular weight excluding hydrogens is 330 g/mol. The second-order valence-electron chi connectivity index (χ2n) is 5.08. The molecule has 0 aliphatic rings. The number of rotatable bonds is 4. The van der Waals surface area contributed by atoms with Crippen LogP contribution in [0, 0.1) is 13.8 Å². The molecule has 0 saturated heterocycles. The van der Waals surface area contributed by atoms with Gasteiger partial charge in [0.05, 0.1) is 0 Å². The molecule has 0 aromatic heterocycles. The topological polar surface area (TPSA) is 38.3 Å². The van der Waals surface area contributed by atoms with Crippen LogP contribution in [0.15, 0.2) is 46.9 Å². The van der Waals surface area contributed by atoms with Gasteiger partial charge in [-0.15, -0.1) is 0 Å². The van der Waals surface area contributed by atoms with Crippen LogP contribution in [0.25, 0.3) is 0 Å². The zero-order valence-corrected chi connectivity index (χ0v) is 13.9. The maximum atomic E-state index is 12.1. The van der Waals surface area contributed by atoms with Crippen LogP contribution in [0.4, 0.5) is 5.69 Å². The van der Waals surface area contributed by atoms with Gasteiger partial charge in [0.2, 0.25) is 0 Å². The Morgan fingerprint density at radius 3 is 2.24 bits per heavy atom. The molecular formula is C17H18BrNO2. The van der Waals surface area contributed by atoms with Crippen molar-refractivity contribution in [3.05, 3.63) is 58.1 Å². The largest absolute Gasteiger partial charge is 0.481 e. The van der Waals surface area contributed by atoms with Crippen LogP contribution in [0.2, 0.25) is 0 Å². The molecule has 2 aromatic rings. The number of carbonyl (C=O) groups excluding carboxylic acids is 1. The number of hydrogen-bond donors (Lipinski definition) is 1. The predicted octanol–water partition coefficient (Wildman–Crippen LogP) is 4.47. The molecule has 0 heterocycles. The van der Waals surface area contributed by atoms with Gasteiger partial charge in [0.1, 0.15) is 5.75 Å². The molecule has 110 valence electrons. The van der Waals surface area contributed by atoms with E-state index in [0.717, 1.165) is 21.3 Å². The molecule has 1 atom stereocenters. The number of benzene rings is 2. The molecule has 1 N–H and O–H groups in total. The first-order chi connectivity index (χ1) is 9.94. The van der Waals surface area contributed by atoms with Crippen molar-refractivity contribution in [1.29, 1.82) is 0 Å². The lowest BCUT2D eigenvalue weighted by molar-refractivity contribution is -0.122. The average Bonchev–Trinajstić information content (AvgIpc) is 2.40. The summed E-state index contributed by atoms with van der Waals surface area (Å²) in [4.78, 5) is 12.1. The number of anilines is 1. The van der Waals surface area contributed by atoms with Crippen LogP contribution in [-0.2, 0) is 4.79 Å². The van der Waals surface area contributed by atoms with Gasteiger partial charge >= 0.3 is 0 Å². The third-order valence-corrected chi connectivity index (χ3v) is 3.52. The zero-order chi connectivity index (χ0) is 15.4. The van der Waals surface area contributed by atoms with Crippen molar-refractivity contribution >= 4 is 27.5 Å². The molecule has 3 nitrogen and oxygen atoms in total. The van der Waals surface area contributed by atoms with Crippen LogP contribution in [0.1, 0.15) is 18.1 Å². The fraction of sp³-hybridized carbons (Fsp3) is 0.235. The smallest absolute Gasteiger partial charge is 0.265 e. The number of carbonyl (C=O) groups is 1. The Bertz CT molecular complexity index is 617. The summed E-state index contributed by atoms with van der Waals surface area (Å²) in [6.07, 6.45) is -0.560. The summed E-state index contributed by atoms with van der Waals surface area (Å²) in [5.41, 5.74) is 2.98. The molecule has 0 aliphatic carbocycles. The van der Waals surface area contributed by atoms with E-state index < -0.39 is 6.10 Å². The van der Waals surface area contributed by atoms with Crippen LogP contribution in [-0.4, -0.2) is 12.0 Å². The Morgan fingerprint density at radius 1 is 1.10 bits per heavy atom. The Morgan fingerprint density at radius 2 is 1.67 bits per heavy atom. The van der Waals surface area contributed by atoms with Gasteiger partial charge in [0.15, 0.2) is 6.10 Å². The Labute approximate surface area is 133 Å². The lowest BCUT2D eigenvalue weighted by Gasteiger charge is -2.15. The van der Waals surface area contributed by atoms with Gasteiger partial charge in [0.25, 0.3) is 5.91 Å². The third kappa shape index (κ3) is 4.60. The Hall–Kier alpha value is -1.81. The van der Waals surface area contributed by atoms with Gasteiger partial charge in [-0.05, 0) is 68.3 Å². The van der Waals surface area contributed by atoms with E-state index >= 15 is 0 Å². The molecule has 21 heavy (non-hydrogen) atoms. The Balaban J connectivity index is 2.00. The second-order valence-corrected chi connectivity index (χ2v) is 6.00. The van der Waals surface area contributed by atoms with E-state index in [-0.39, 0.29) is 5.91 Å². The van der Waals surface area contributed by atoms with Crippen LogP contribution < -0.4 is 10.1 Å². The number of halogens is 1. The summed E-state index contributed by atoms with van der Waals surface area (Å²) < 4.78 is 6.68. The van der Waals surface area contributed by atoms with Gasteiger partial charge in [-0.3, -0.25) is 4.79 Å². The highest BCUT2D eigenvalue weighted by Crippen LogP contribution is 2.19. The molecule has 0 radical (unpaired) electrons. The number of ether oxygens (including phenoxy) is 1. The molecule has 1 amide bonds. The monoisotopic (exact) mass is 347 g/mol. The van der Waals surface area contributed by atoms with Gasteiger partial charge in [-0.1, -0.05) is 22.0 Å². The highest BCUT2D eigenvalue weighted by Gasteiger charge is 2.15. The Kier molecular flexibility index (Phi) is 5.02. The summed E-state index contributed by atoms with van der Waals surface area (Å²) in [6, 6.07) is 13.4. The van der Waals surface area contributed by atoms with Crippen LogP contribution in [0.5, 0.6) is 5.75 Å². The molecule has 0 bridgehead atoms.